The van der Waals surface area contributed by atoms with Gasteiger partial charge in [-0.05, 0) is 48.6 Å². The van der Waals surface area contributed by atoms with Gasteiger partial charge in [-0.3, -0.25) is 19.7 Å². The molecule has 9 nitrogen and oxygen atoms in total. The Kier molecular flexibility index (Phi) is 6.04. The quantitative estimate of drug-likeness (QED) is 0.375. The Bertz CT molecular complexity index is 1140. The van der Waals surface area contributed by atoms with Gasteiger partial charge in [0.15, 0.2) is 11.5 Å². The van der Waals surface area contributed by atoms with E-state index in [4.69, 9.17) is 9.47 Å². The lowest BCUT2D eigenvalue weighted by Gasteiger charge is -2.33. The number of non-ortho nitro benzene ring substituents is 1. The lowest BCUT2D eigenvalue weighted by molar-refractivity contribution is -0.384. The van der Waals surface area contributed by atoms with Crippen LogP contribution in [0.2, 0.25) is 0 Å². The van der Waals surface area contributed by atoms with Crippen molar-refractivity contribution in [2.75, 3.05) is 32.2 Å². The van der Waals surface area contributed by atoms with Crippen LogP contribution in [0.3, 0.4) is 0 Å². The molecule has 0 aromatic heterocycles. The van der Waals surface area contributed by atoms with Crippen LogP contribution in [0.1, 0.15) is 25.3 Å². The van der Waals surface area contributed by atoms with Gasteiger partial charge in [-0.25, -0.2) is 4.90 Å². The van der Waals surface area contributed by atoms with Gasteiger partial charge >= 0.3 is 0 Å². The number of anilines is 1. The van der Waals surface area contributed by atoms with Crippen molar-refractivity contribution in [2.24, 2.45) is 5.92 Å². The Balaban J connectivity index is 1.81. The normalized spacial score (nSPS) is 18.7. The van der Waals surface area contributed by atoms with Crippen molar-refractivity contribution in [2.45, 2.75) is 19.8 Å². The summed E-state index contributed by atoms with van der Waals surface area (Å²) in [6.07, 6.45) is 1.97. The van der Waals surface area contributed by atoms with Gasteiger partial charge in [0.2, 0.25) is 0 Å². The molecule has 2 aliphatic heterocycles. The monoisotopic (exact) mass is 451 g/mol. The van der Waals surface area contributed by atoms with Crippen LogP contribution < -0.4 is 14.4 Å². The molecular formula is C24H25N3O6. The first-order valence-corrected chi connectivity index (χ1v) is 10.7. The summed E-state index contributed by atoms with van der Waals surface area (Å²) in [5.74, 6) is 0.355. The third-order valence-electron chi connectivity index (χ3n) is 6.02. The maximum Gasteiger partial charge on any atom is 0.282 e. The van der Waals surface area contributed by atoms with Crippen molar-refractivity contribution in [1.29, 1.82) is 0 Å². The Hall–Kier alpha value is -3.88. The molecule has 1 unspecified atom stereocenters. The number of hydrogen-bond donors (Lipinski definition) is 0. The highest BCUT2D eigenvalue weighted by Gasteiger charge is 2.43. The first kappa shape index (κ1) is 22.3. The van der Waals surface area contributed by atoms with E-state index < -0.39 is 16.7 Å². The second-order valence-electron chi connectivity index (χ2n) is 8.21. The van der Waals surface area contributed by atoms with Crippen molar-refractivity contribution in [3.05, 3.63) is 63.8 Å². The summed E-state index contributed by atoms with van der Waals surface area (Å²) in [5.41, 5.74) is 1.33. The fourth-order valence-electron chi connectivity index (χ4n) is 4.41. The molecule has 0 saturated carbocycles. The molecule has 1 fully saturated rings. The molecule has 2 aromatic carbocycles. The summed E-state index contributed by atoms with van der Waals surface area (Å²) in [6, 6.07) is 10.6. The molecule has 0 spiro atoms. The smallest absolute Gasteiger partial charge is 0.282 e. The molecule has 2 aliphatic rings. The highest BCUT2D eigenvalue weighted by molar-refractivity contribution is 6.45. The van der Waals surface area contributed by atoms with Crippen molar-refractivity contribution < 1.29 is 24.0 Å². The van der Waals surface area contributed by atoms with Crippen LogP contribution in [-0.2, 0) is 9.59 Å². The van der Waals surface area contributed by atoms with Crippen LogP contribution in [0.5, 0.6) is 11.5 Å². The summed E-state index contributed by atoms with van der Waals surface area (Å²) in [4.78, 5) is 41.0. The second kappa shape index (κ2) is 8.93. The van der Waals surface area contributed by atoms with Gasteiger partial charge in [0.05, 0.1) is 30.4 Å². The molecule has 0 N–H and O–H groups in total. The van der Waals surface area contributed by atoms with Crippen LogP contribution in [0.25, 0.3) is 5.57 Å². The van der Waals surface area contributed by atoms with Crippen LogP contribution >= 0.6 is 0 Å². The highest BCUT2D eigenvalue weighted by atomic mass is 16.6. The molecular weight excluding hydrogens is 426 g/mol. The summed E-state index contributed by atoms with van der Waals surface area (Å²) in [6.45, 7) is 3.44. The fourth-order valence-corrected chi connectivity index (χ4v) is 4.41. The molecule has 0 aliphatic carbocycles. The van der Waals surface area contributed by atoms with Gasteiger partial charge in [-0.15, -0.1) is 0 Å². The Morgan fingerprint density at radius 3 is 2.30 bits per heavy atom. The zero-order valence-corrected chi connectivity index (χ0v) is 18.7. The molecule has 4 rings (SSSR count). The maximum absolute atomic E-state index is 13.7. The minimum atomic E-state index is -0.497. The number of amides is 2. The van der Waals surface area contributed by atoms with Crippen LogP contribution in [0.15, 0.2) is 48.2 Å². The number of ether oxygens (including phenoxy) is 2. The molecule has 33 heavy (non-hydrogen) atoms. The predicted molar refractivity (Wildman–Crippen MR) is 122 cm³/mol. The summed E-state index contributed by atoms with van der Waals surface area (Å²) in [5, 5.41) is 11.1. The number of hydrogen-bond acceptors (Lipinski definition) is 7. The SMILES string of the molecule is COc1ccc(N2C(=O)C(c3ccc([N+](=O)[O-])cc3)=C(N3CCCC(C)C3)C2=O)cc1OC. The van der Waals surface area contributed by atoms with Gasteiger partial charge in [0.25, 0.3) is 17.5 Å². The van der Waals surface area contributed by atoms with Crippen molar-refractivity contribution in [1.82, 2.24) is 4.90 Å². The van der Waals surface area contributed by atoms with Crippen molar-refractivity contribution in [3.63, 3.8) is 0 Å². The third-order valence-corrected chi connectivity index (χ3v) is 6.02. The number of carbonyl (C=O) groups excluding carboxylic acids is 2. The van der Waals surface area contributed by atoms with E-state index in [0.29, 0.717) is 47.5 Å². The minimum absolute atomic E-state index is 0.0824. The first-order valence-electron chi connectivity index (χ1n) is 10.7. The van der Waals surface area contributed by atoms with Crippen LogP contribution in [0, 0.1) is 16.0 Å². The molecule has 2 heterocycles. The van der Waals surface area contributed by atoms with E-state index in [1.165, 1.54) is 38.5 Å². The van der Waals surface area contributed by atoms with E-state index >= 15 is 0 Å². The number of likely N-dealkylation sites (tertiary alicyclic amines) is 1. The van der Waals surface area contributed by atoms with E-state index in [1.54, 1.807) is 18.2 Å². The van der Waals surface area contributed by atoms with E-state index in [0.717, 1.165) is 17.7 Å². The first-order chi connectivity index (χ1) is 15.8. The molecule has 1 atom stereocenters. The summed E-state index contributed by atoms with van der Waals surface area (Å²) in [7, 11) is 2.99. The number of nitrogens with zero attached hydrogens (tertiary/aromatic N) is 3. The van der Waals surface area contributed by atoms with Gasteiger partial charge < -0.3 is 14.4 Å². The number of nitro benzene ring substituents is 1. The Labute approximate surface area is 191 Å². The van der Waals surface area contributed by atoms with E-state index in [9.17, 15) is 19.7 Å². The number of benzene rings is 2. The van der Waals surface area contributed by atoms with Gasteiger partial charge in [0, 0.05) is 31.3 Å². The molecule has 1 saturated heterocycles. The number of piperidine rings is 1. The highest BCUT2D eigenvalue weighted by Crippen LogP contribution is 2.39. The number of nitro groups is 1. The molecule has 9 heteroatoms. The summed E-state index contributed by atoms with van der Waals surface area (Å²) < 4.78 is 10.6. The number of methoxy groups -OCH3 is 2. The van der Waals surface area contributed by atoms with E-state index in [1.807, 2.05) is 4.90 Å². The Morgan fingerprint density at radius 1 is 1.00 bits per heavy atom. The average Bonchev–Trinajstić information content (AvgIpc) is 3.08. The van der Waals surface area contributed by atoms with E-state index in [-0.39, 0.29) is 11.3 Å². The predicted octanol–water partition coefficient (Wildman–Crippen LogP) is 3.63. The van der Waals surface area contributed by atoms with E-state index in [2.05, 4.69) is 6.92 Å². The minimum Gasteiger partial charge on any atom is -0.493 e. The molecule has 2 aromatic rings. The Morgan fingerprint density at radius 2 is 1.70 bits per heavy atom. The van der Waals surface area contributed by atoms with Gasteiger partial charge in [-0.2, -0.15) is 0 Å². The fraction of sp³-hybridized carbons (Fsp3) is 0.333. The van der Waals surface area contributed by atoms with Crippen LogP contribution in [-0.4, -0.2) is 48.9 Å². The van der Waals surface area contributed by atoms with Crippen molar-refractivity contribution >= 4 is 28.8 Å². The standard InChI is InChI=1S/C24H25N3O6/c1-15-5-4-12-25(14-15)22-21(16-6-8-17(9-7-16)27(30)31)23(28)26(24(22)29)18-10-11-19(32-2)20(13-18)33-3/h6-11,13,15H,4-5,12,14H2,1-3H3. The zero-order chi connectivity index (χ0) is 23.7. The average molecular weight is 451 g/mol. The zero-order valence-electron chi connectivity index (χ0n) is 18.7. The topological polar surface area (TPSA) is 102 Å². The van der Waals surface area contributed by atoms with Gasteiger partial charge in [0.1, 0.15) is 5.70 Å². The van der Waals surface area contributed by atoms with Gasteiger partial charge in [-0.1, -0.05) is 6.92 Å². The number of rotatable bonds is 6. The molecule has 172 valence electrons. The lowest BCUT2D eigenvalue weighted by Crippen LogP contribution is -2.39. The molecule has 2 amide bonds. The largest absolute Gasteiger partial charge is 0.493 e. The molecule has 0 radical (unpaired) electrons. The number of imide groups is 1. The van der Waals surface area contributed by atoms with Crippen molar-refractivity contribution in [3.8, 4) is 11.5 Å². The second-order valence-corrected chi connectivity index (χ2v) is 8.21. The number of carbonyl (C=O) groups is 2. The van der Waals surface area contributed by atoms with Crippen LogP contribution in [0.4, 0.5) is 11.4 Å². The molecule has 0 bridgehead atoms. The maximum atomic E-state index is 13.7. The third kappa shape index (κ3) is 4.02. The summed E-state index contributed by atoms with van der Waals surface area (Å²) >= 11 is 0. The lowest BCUT2D eigenvalue weighted by atomic mass is 9.97.